The Morgan fingerprint density at radius 3 is 2.71 bits per heavy atom. The maximum Gasteiger partial charge on any atom is 0.319 e. The standard InChI is InChI=1S/C34H38N4O4/c1-20-7-14-30-25(15-20)18-38(17-21(2)42-30)28-12-10-23-8-9-24(16-27(23)28)31(34(4,5)33(40)41-19-39)26-11-13-29-32(22(26)3)35-36-37(29)6/h7-9,11,13-16,19,21,28,31H,10,12,17-18H2,1-6H3/t21-,28?,31?/m1/s1. The topological polar surface area (TPSA) is 86.5 Å². The van der Waals surface area contributed by atoms with E-state index in [0.29, 0.717) is 0 Å². The number of aromatic nitrogens is 3. The normalized spacial score (nSPS) is 19.5. The molecule has 8 heteroatoms. The van der Waals surface area contributed by atoms with Crippen LogP contribution in [0.5, 0.6) is 5.75 Å². The molecule has 42 heavy (non-hydrogen) atoms. The maximum absolute atomic E-state index is 13.3. The molecular formula is C34H38N4O4. The number of aryl methyl sites for hydroxylation is 4. The van der Waals surface area contributed by atoms with Crippen LogP contribution in [0, 0.1) is 19.3 Å². The number of ether oxygens (including phenoxy) is 2. The van der Waals surface area contributed by atoms with E-state index in [0.717, 1.165) is 59.4 Å². The van der Waals surface area contributed by atoms with Gasteiger partial charge in [0.25, 0.3) is 0 Å². The molecule has 1 aliphatic heterocycles. The molecule has 0 bridgehead atoms. The minimum absolute atomic E-state index is 0.0624. The van der Waals surface area contributed by atoms with Crippen molar-refractivity contribution in [3.05, 3.63) is 87.5 Å². The first-order chi connectivity index (χ1) is 20.1. The van der Waals surface area contributed by atoms with E-state index in [1.165, 1.54) is 22.3 Å². The highest BCUT2D eigenvalue weighted by Crippen LogP contribution is 2.47. The van der Waals surface area contributed by atoms with Crippen molar-refractivity contribution in [1.82, 2.24) is 19.9 Å². The third kappa shape index (κ3) is 4.77. The van der Waals surface area contributed by atoms with Gasteiger partial charge in [-0.05, 0) is 87.4 Å². The van der Waals surface area contributed by atoms with Gasteiger partial charge in [0.2, 0.25) is 0 Å². The maximum atomic E-state index is 13.3. The second-order valence-corrected chi connectivity index (χ2v) is 12.5. The highest BCUT2D eigenvalue weighted by atomic mass is 16.6. The third-order valence-corrected chi connectivity index (χ3v) is 9.19. The van der Waals surface area contributed by atoms with Gasteiger partial charge in [-0.25, -0.2) is 4.68 Å². The molecule has 0 spiro atoms. The molecule has 3 atom stereocenters. The Balaban J connectivity index is 1.45. The molecular weight excluding hydrogens is 528 g/mol. The summed E-state index contributed by atoms with van der Waals surface area (Å²) in [4.78, 5) is 27.1. The SMILES string of the molecule is Cc1ccc2c(c1)CN(C1CCc3ccc(C(c4ccc5c(nnn5C)c4C)C(C)(C)C(=O)OC=O)cc31)C[C@@H](C)O2. The first kappa shape index (κ1) is 28.1. The molecule has 0 N–H and O–H groups in total. The third-order valence-electron chi connectivity index (χ3n) is 9.19. The van der Waals surface area contributed by atoms with E-state index in [2.05, 4.69) is 71.5 Å². The Morgan fingerprint density at radius 1 is 1.12 bits per heavy atom. The number of carbonyl (C=O) groups excluding carboxylic acids is 2. The zero-order valence-electron chi connectivity index (χ0n) is 25.2. The van der Waals surface area contributed by atoms with Crippen LogP contribution in [0.1, 0.15) is 78.1 Å². The summed E-state index contributed by atoms with van der Waals surface area (Å²) < 4.78 is 13.0. The van der Waals surface area contributed by atoms with Crippen LogP contribution in [0.3, 0.4) is 0 Å². The van der Waals surface area contributed by atoms with Gasteiger partial charge in [-0.3, -0.25) is 14.5 Å². The summed E-state index contributed by atoms with van der Waals surface area (Å²) in [6, 6.07) is 17.3. The molecule has 8 nitrogen and oxygen atoms in total. The number of esters is 1. The van der Waals surface area contributed by atoms with Crippen molar-refractivity contribution in [2.45, 2.75) is 72.1 Å². The van der Waals surface area contributed by atoms with Crippen molar-refractivity contribution in [3.63, 3.8) is 0 Å². The quantitative estimate of drug-likeness (QED) is 0.168. The van der Waals surface area contributed by atoms with E-state index in [-0.39, 0.29) is 24.5 Å². The largest absolute Gasteiger partial charge is 0.489 e. The Morgan fingerprint density at radius 2 is 1.93 bits per heavy atom. The van der Waals surface area contributed by atoms with Gasteiger partial charge in [0.05, 0.1) is 10.9 Å². The van der Waals surface area contributed by atoms with Crippen molar-refractivity contribution in [2.24, 2.45) is 12.5 Å². The highest BCUT2D eigenvalue weighted by molar-refractivity contribution is 5.85. The summed E-state index contributed by atoms with van der Waals surface area (Å²) >= 11 is 0. The van der Waals surface area contributed by atoms with E-state index in [9.17, 15) is 9.59 Å². The minimum atomic E-state index is -1.04. The van der Waals surface area contributed by atoms with Crippen LogP contribution in [-0.2, 0) is 34.3 Å². The van der Waals surface area contributed by atoms with Crippen LogP contribution in [0.2, 0.25) is 0 Å². The Bertz CT molecular complexity index is 1690. The van der Waals surface area contributed by atoms with Crippen LogP contribution < -0.4 is 4.74 Å². The molecule has 0 saturated carbocycles. The van der Waals surface area contributed by atoms with E-state index < -0.39 is 11.4 Å². The molecule has 6 rings (SSSR count). The number of hydrogen-bond acceptors (Lipinski definition) is 7. The Hall–Kier alpha value is -4.04. The average Bonchev–Trinajstić information content (AvgIpc) is 3.50. The predicted molar refractivity (Wildman–Crippen MR) is 160 cm³/mol. The zero-order valence-corrected chi connectivity index (χ0v) is 25.2. The second kappa shape index (κ2) is 10.7. The molecule has 0 saturated heterocycles. The van der Waals surface area contributed by atoms with Crippen LogP contribution in [0.15, 0.2) is 48.5 Å². The van der Waals surface area contributed by atoms with Gasteiger partial charge < -0.3 is 9.47 Å². The molecule has 1 aliphatic carbocycles. The average molecular weight is 567 g/mol. The lowest BCUT2D eigenvalue weighted by Gasteiger charge is -2.34. The van der Waals surface area contributed by atoms with Crippen LogP contribution in [-0.4, -0.2) is 45.0 Å². The van der Waals surface area contributed by atoms with Crippen LogP contribution >= 0.6 is 0 Å². The lowest BCUT2D eigenvalue weighted by Crippen LogP contribution is -2.35. The van der Waals surface area contributed by atoms with Crippen LogP contribution in [0.4, 0.5) is 0 Å². The van der Waals surface area contributed by atoms with Crippen molar-refractivity contribution >= 4 is 23.5 Å². The van der Waals surface area contributed by atoms with Crippen LogP contribution in [0.25, 0.3) is 11.0 Å². The van der Waals surface area contributed by atoms with Crippen molar-refractivity contribution in [2.75, 3.05) is 6.54 Å². The Kier molecular flexibility index (Phi) is 7.13. The Labute approximate surface area is 246 Å². The highest BCUT2D eigenvalue weighted by Gasteiger charge is 2.42. The second-order valence-electron chi connectivity index (χ2n) is 12.5. The van der Waals surface area contributed by atoms with E-state index in [1.807, 2.05) is 33.9 Å². The van der Waals surface area contributed by atoms with Gasteiger partial charge in [0.15, 0.2) is 0 Å². The number of carbonyl (C=O) groups is 2. The molecule has 0 radical (unpaired) electrons. The van der Waals surface area contributed by atoms with Gasteiger partial charge in [-0.15, -0.1) is 5.10 Å². The smallest absolute Gasteiger partial charge is 0.319 e. The van der Waals surface area contributed by atoms with Crippen molar-refractivity contribution in [1.29, 1.82) is 0 Å². The van der Waals surface area contributed by atoms with Gasteiger partial charge in [-0.1, -0.05) is 47.2 Å². The number of nitrogens with zero attached hydrogens (tertiary/aromatic N) is 4. The molecule has 2 aliphatic rings. The first-order valence-corrected chi connectivity index (χ1v) is 14.6. The fraction of sp³-hybridized carbons (Fsp3) is 0.412. The molecule has 0 fully saturated rings. The molecule has 4 aromatic rings. The summed E-state index contributed by atoms with van der Waals surface area (Å²) in [5, 5.41) is 8.63. The fourth-order valence-corrected chi connectivity index (χ4v) is 7.07. The predicted octanol–water partition coefficient (Wildman–Crippen LogP) is 5.71. The molecule has 218 valence electrons. The number of hydrogen-bond donors (Lipinski definition) is 0. The first-order valence-electron chi connectivity index (χ1n) is 14.6. The summed E-state index contributed by atoms with van der Waals surface area (Å²) in [5.74, 6) is 0.0225. The summed E-state index contributed by atoms with van der Waals surface area (Å²) in [6.45, 7) is 11.8. The zero-order chi connectivity index (χ0) is 29.8. The van der Waals surface area contributed by atoms with Crippen molar-refractivity contribution in [3.8, 4) is 5.75 Å². The van der Waals surface area contributed by atoms with Gasteiger partial charge in [0.1, 0.15) is 17.4 Å². The summed E-state index contributed by atoms with van der Waals surface area (Å²) in [6.07, 6.45) is 2.09. The summed E-state index contributed by atoms with van der Waals surface area (Å²) in [5.41, 5.74) is 8.68. The number of benzene rings is 3. The van der Waals surface area contributed by atoms with E-state index >= 15 is 0 Å². The monoisotopic (exact) mass is 566 g/mol. The van der Waals surface area contributed by atoms with Gasteiger partial charge >= 0.3 is 12.4 Å². The molecule has 2 heterocycles. The van der Waals surface area contributed by atoms with E-state index in [1.54, 1.807) is 4.68 Å². The van der Waals surface area contributed by atoms with Gasteiger partial charge in [-0.2, -0.15) is 0 Å². The minimum Gasteiger partial charge on any atom is -0.489 e. The number of fused-ring (bicyclic) bond motifs is 3. The molecule has 1 aromatic heterocycles. The molecule has 2 unspecified atom stereocenters. The fourth-order valence-electron chi connectivity index (χ4n) is 7.07. The summed E-state index contributed by atoms with van der Waals surface area (Å²) in [7, 11) is 1.87. The molecule has 0 amide bonds. The number of rotatable bonds is 6. The van der Waals surface area contributed by atoms with E-state index in [4.69, 9.17) is 9.47 Å². The molecule has 3 aromatic carbocycles. The lowest BCUT2D eigenvalue weighted by molar-refractivity contribution is -0.159. The van der Waals surface area contributed by atoms with Gasteiger partial charge in [0, 0.05) is 37.7 Å². The lowest BCUT2D eigenvalue weighted by atomic mass is 9.69. The van der Waals surface area contributed by atoms with Crippen molar-refractivity contribution < 1.29 is 19.1 Å².